The molecule has 0 aliphatic carbocycles. The molecule has 1 rings (SSSR count). The number of rotatable bonds is 5. The molecule has 76 valence electrons. The molecule has 0 fully saturated rings. The van der Waals surface area contributed by atoms with Gasteiger partial charge in [0, 0.05) is 13.1 Å². The molecule has 0 bridgehead atoms. The third kappa shape index (κ3) is 4.20. The zero-order valence-electron chi connectivity index (χ0n) is 7.90. The van der Waals surface area contributed by atoms with E-state index in [4.69, 9.17) is 5.73 Å². The fourth-order valence-corrected chi connectivity index (χ4v) is 1.66. The Balaban J connectivity index is 2.20. The van der Waals surface area contributed by atoms with E-state index in [9.17, 15) is 4.79 Å². The molecule has 0 unspecified atom stereocenters. The summed E-state index contributed by atoms with van der Waals surface area (Å²) >= 11 is 1.60. The molecule has 0 saturated heterocycles. The topological polar surface area (TPSA) is 55.1 Å². The van der Waals surface area contributed by atoms with E-state index in [1.807, 2.05) is 29.0 Å². The van der Waals surface area contributed by atoms with Crippen LogP contribution in [0.4, 0.5) is 0 Å². The van der Waals surface area contributed by atoms with Gasteiger partial charge in [-0.3, -0.25) is 4.79 Å². The molecule has 0 saturated carbocycles. The van der Waals surface area contributed by atoms with Crippen molar-refractivity contribution in [2.75, 3.05) is 13.1 Å². The lowest BCUT2D eigenvalue weighted by molar-refractivity contribution is -0.120. The highest BCUT2D eigenvalue weighted by Crippen LogP contribution is 2.05. The van der Waals surface area contributed by atoms with E-state index < -0.39 is 0 Å². The van der Waals surface area contributed by atoms with Gasteiger partial charge >= 0.3 is 0 Å². The van der Waals surface area contributed by atoms with Gasteiger partial charge in [-0.2, -0.15) is 11.3 Å². The SMILES string of the molecule is NC/C=C/CNC(=O)Cc1ccsc1. The van der Waals surface area contributed by atoms with E-state index in [1.54, 1.807) is 11.3 Å². The van der Waals surface area contributed by atoms with Crippen LogP contribution in [0.1, 0.15) is 5.56 Å². The summed E-state index contributed by atoms with van der Waals surface area (Å²) in [6.07, 6.45) is 4.14. The fraction of sp³-hybridized carbons (Fsp3) is 0.300. The first-order chi connectivity index (χ1) is 6.83. The maximum Gasteiger partial charge on any atom is 0.224 e. The predicted octanol–water partition coefficient (Wildman–Crippen LogP) is 0.922. The van der Waals surface area contributed by atoms with Crippen LogP contribution < -0.4 is 11.1 Å². The van der Waals surface area contributed by atoms with Gasteiger partial charge in [-0.1, -0.05) is 12.2 Å². The van der Waals surface area contributed by atoms with Crippen LogP contribution in [-0.2, 0) is 11.2 Å². The van der Waals surface area contributed by atoms with Gasteiger partial charge < -0.3 is 11.1 Å². The highest BCUT2D eigenvalue weighted by Gasteiger charge is 2.00. The largest absolute Gasteiger partial charge is 0.352 e. The van der Waals surface area contributed by atoms with Crippen LogP contribution in [0.15, 0.2) is 29.0 Å². The van der Waals surface area contributed by atoms with Gasteiger partial charge in [0.05, 0.1) is 6.42 Å². The summed E-state index contributed by atoms with van der Waals surface area (Å²) in [5.41, 5.74) is 6.32. The highest BCUT2D eigenvalue weighted by molar-refractivity contribution is 7.07. The monoisotopic (exact) mass is 210 g/mol. The van der Waals surface area contributed by atoms with E-state index in [-0.39, 0.29) is 5.91 Å². The van der Waals surface area contributed by atoms with Gasteiger partial charge in [0.2, 0.25) is 5.91 Å². The molecule has 1 aromatic rings. The summed E-state index contributed by atoms with van der Waals surface area (Å²) in [6.45, 7) is 1.07. The molecule has 0 radical (unpaired) electrons. The Labute approximate surface area is 87.6 Å². The minimum absolute atomic E-state index is 0.0464. The van der Waals surface area contributed by atoms with Gasteiger partial charge in [0.25, 0.3) is 0 Å². The first-order valence-electron chi connectivity index (χ1n) is 4.45. The second-order valence-electron chi connectivity index (χ2n) is 2.82. The van der Waals surface area contributed by atoms with Gasteiger partial charge in [-0.25, -0.2) is 0 Å². The smallest absolute Gasteiger partial charge is 0.224 e. The summed E-state index contributed by atoms with van der Waals surface area (Å²) in [5.74, 6) is 0.0464. The molecule has 0 atom stereocenters. The molecule has 14 heavy (non-hydrogen) atoms. The van der Waals surface area contributed by atoms with Crippen molar-refractivity contribution in [1.29, 1.82) is 0 Å². The van der Waals surface area contributed by atoms with Gasteiger partial charge in [0.1, 0.15) is 0 Å². The zero-order chi connectivity index (χ0) is 10.2. The van der Waals surface area contributed by atoms with Gasteiger partial charge in [0.15, 0.2) is 0 Å². The molecule has 1 aromatic heterocycles. The number of nitrogens with two attached hydrogens (primary N) is 1. The molecule has 4 heteroatoms. The molecular formula is C10H14N2OS. The molecule has 1 amide bonds. The lowest BCUT2D eigenvalue weighted by Gasteiger charge is -1.99. The van der Waals surface area contributed by atoms with E-state index in [0.717, 1.165) is 5.56 Å². The first-order valence-corrected chi connectivity index (χ1v) is 5.40. The van der Waals surface area contributed by atoms with Gasteiger partial charge in [-0.15, -0.1) is 0 Å². The standard InChI is InChI=1S/C10H14N2OS/c11-4-1-2-5-12-10(13)7-9-3-6-14-8-9/h1-3,6,8H,4-5,7,11H2,(H,12,13)/b2-1+. The Bertz CT molecular complexity index is 293. The number of amides is 1. The zero-order valence-corrected chi connectivity index (χ0v) is 8.72. The van der Waals surface area contributed by atoms with Crippen molar-refractivity contribution in [2.24, 2.45) is 5.73 Å². The maximum absolute atomic E-state index is 11.3. The third-order valence-corrected chi connectivity index (χ3v) is 2.40. The summed E-state index contributed by atoms with van der Waals surface area (Å²) in [5, 5.41) is 6.73. The van der Waals surface area contributed by atoms with Crippen molar-refractivity contribution in [3.63, 3.8) is 0 Å². The molecule has 0 aromatic carbocycles. The molecule has 3 N–H and O–H groups in total. The minimum atomic E-state index is 0.0464. The van der Waals surface area contributed by atoms with Crippen molar-refractivity contribution in [1.82, 2.24) is 5.32 Å². The van der Waals surface area contributed by atoms with Crippen LogP contribution >= 0.6 is 11.3 Å². The third-order valence-electron chi connectivity index (χ3n) is 1.66. The lowest BCUT2D eigenvalue weighted by atomic mass is 10.2. The minimum Gasteiger partial charge on any atom is -0.352 e. The highest BCUT2D eigenvalue weighted by atomic mass is 32.1. The number of carbonyl (C=O) groups is 1. The Hall–Kier alpha value is -1.13. The maximum atomic E-state index is 11.3. The lowest BCUT2D eigenvalue weighted by Crippen LogP contribution is -2.24. The van der Waals surface area contributed by atoms with Crippen LogP contribution in [0.2, 0.25) is 0 Å². The van der Waals surface area contributed by atoms with Crippen molar-refractivity contribution < 1.29 is 4.79 Å². The quantitative estimate of drug-likeness (QED) is 0.710. The van der Waals surface area contributed by atoms with E-state index in [1.165, 1.54) is 0 Å². The van der Waals surface area contributed by atoms with Gasteiger partial charge in [-0.05, 0) is 22.4 Å². The van der Waals surface area contributed by atoms with Crippen molar-refractivity contribution in [3.8, 4) is 0 Å². The summed E-state index contributed by atoms with van der Waals surface area (Å²) in [4.78, 5) is 11.3. The van der Waals surface area contributed by atoms with Crippen molar-refractivity contribution in [2.45, 2.75) is 6.42 Å². The van der Waals surface area contributed by atoms with Crippen LogP contribution in [0.25, 0.3) is 0 Å². The second kappa shape index (κ2) is 6.34. The molecule has 0 aliphatic rings. The molecule has 0 spiro atoms. The summed E-state index contributed by atoms with van der Waals surface area (Å²) in [7, 11) is 0. The Morgan fingerprint density at radius 3 is 3.07 bits per heavy atom. The van der Waals surface area contributed by atoms with E-state index >= 15 is 0 Å². The average molecular weight is 210 g/mol. The first kappa shape index (κ1) is 10.9. The van der Waals surface area contributed by atoms with Crippen molar-refractivity contribution in [3.05, 3.63) is 34.5 Å². The fourth-order valence-electron chi connectivity index (χ4n) is 0.993. The normalized spacial score (nSPS) is 10.6. The molecule has 1 heterocycles. The number of hydrogen-bond donors (Lipinski definition) is 2. The Morgan fingerprint density at radius 1 is 1.57 bits per heavy atom. The summed E-state index contributed by atoms with van der Waals surface area (Å²) < 4.78 is 0. The molecule has 0 aliphatic heterocycles. The van der Waals surface area contributed by atoms with Crippen LogP contribution in [0.5, 0.6) is 0 Å². The van der Waals surface area contributed by atoms with Crippen LogP contribution in [0, 0.1) is 0 Å². The predicted molar refractivity (Wildman–Crippen MR) is 59.2 cm³/mol. The van der Waals surface area contributed by atoms with Crippen LogP contribution in [-0.4, -0.2) is 19.0 Å². The van der Waals surface area contributed by atoms with E-state index in [2.05, 4.69) is 5.32 Å². The Kier molecular flexibility index (Phi) is 4.96. The number of nitrogens with one attached hydrogen (secondary N) is 1. The number of hydrogen-bond acceptors (Lipinski definition) is 3. The van der Waals surface area contributed by atoms with Crippen molar-refractivity contribution >= 4 is 17.2 Å². The average Bonchev–Trinajstić information content (AvgIpc) is 2.65. The number of carbonyl (C=O) groups excluding carboxylic acids is 1. The van der Waals surface area contributed by atoms with E-state index in [0.29, 0.717) is 19.5 Å². The van der Waals surface area contributed by atoms with Crippen LogP contribution in [0.3, 0.4) is 0 Å². The molecular weight excluding hydrogens is 196 g/mol. The summed E-state index contributed by atoms with van der Waals surface area (Å²) in [6, 6.07) is 1.96. The number of thiophene rings is 1. The molecule has 3 nitrogen and oxygen atoms in total. The second-order valence-corrected chi connectivity index (χ2v) is 3.60. The Morgan fingerprint density at radius 2 is 2.43 bits per heavy atom.